The van der Waals surface area contributed by atoms with Gasteiger partial charge in [0.1, 0.15) is 36.1 Å². The molecule has 5 rings (SSSR count). The lowest BCUT2D eigenvalue weighted by Crippen LogP contribution is -2.26. The Morgan fingerprint density at radius 2 is 2.13 bits per heavy atom. The third-order valence-electron chi connectivity index (χ3n) is 5.25. The third kappa shape index (κ3) is 3.35. The van der Waals surface area contributed by atoms with Crippen LogP contribution in [0.15, 0.2) is 18.3 Å². The van der Waals surface area contributed by atoms with E-state index in [1.165, 1.54) is 12.3 Å². The minimum absolute atomic E-state index is 0.0116. The third-order valence-corrected chi connectivity index (χ3v) is 5.25. The van der Waals surface area contributed by atoms with E-state index >= 15 is 0 Å². The number of halogens is 2. The highest BCUT2D eigenvalue weighted by Crippen LogP contribution is 2.42. The van der Waals surface area contributed by atoms with Crippen LogP contribution >= 0.6 is 0 Å². The van der Waals surface area contributed by atoms with E-state index in [4.69, 9.17) is 13.6 Å². The number of benzene rings is 1. The van der Waals surface area contributed by atoms with E-state index in [1.54, 1.807) is 0 Å². The molecular weight excluding hydrogens is 410 g/mol. The summed E-state index contributed by atoms with van der Waals surface area (Å²) in [6.45, 7) is -0.316. The van der Waals surface area contributed by atoms with Crippen LogP contribution in [0.1, 0.15) is 27.8 Å². The van der Waals surface area contributed by atoms with E-state index in [2.05, 4.69) is 26.0 Å². The maximum Gasteiger partial charge on any atom is 0.256 e. The molecule has 1 aliphatic heterocycles. The summed E-state index contributed by atoms with van der Waals surface area (Å²) in [5.74, 6) is -2.64. The number of nitrogens with one attached hydrogen (secondary N) is 3. The van der Waals surface area contributed by atoms with Crippen molar-refractivity contribution < 1.29 is 27.2 Å². The number of fused-ring (bicyclic) bond motifs is 2. The van der Waals surface area contributed by atoms with Crippen molar-refractivity contribution in [3.05, 3.63) is 35.5 Å². The van der Waals surface area contributed by atoms with E-state index in [1.807, 2.05) is 6.92 Å². The Bertz CT molecular complexity index is 1300. The molecule has 1 aromatic carbocycles. The Morgan fingerprint density at radius 1 is 1.32 bits per heavy atom. The van der Waals surface area contributed by atoms with Crippen LogP contribution in [0.3, 0.4) is 0 Å². The number of carbonyl (C=O) groups excluding carboxylic acids is 1. The number of anilines is 3. The Labute approximate surface area is 180 Å². The number of aromatic nitrogens is 3. The predicted octanol–water partition coefficient (Wildman–Crippen LogP) is 2.70. The molecule has 162 valence electrons. The van der Waals surface area contributed by atoms with Gasteiger partial charge in [0.2, 0.25) is 0 Å². The highest BCUT2D eigenvalue weighted by molar-refractivity contribution is 6.00. The van der Waals surface area contributed by atoms with Gasteiger partial charge in [-0.3, -0.25) is 4.79 Å². The van der Waals surface area contributed by atoms with E-state index in [0.717, 1.165) is 17.0 Å². The van der Waals surface area contributed by atoms with Crippen molar-refractivity contribution in [2.24, 2.45) is 5.92 Å². The molecule has 1 unspecified atom stereocenters. The lowest BCUT2D eigenvalue weighted by atomic mass is 10.2. The molecule has 0 spiro atoms. The molecular formula is C20H20F2N6O3. The molecule has 1 amide bonds. The van der Waals surface area contributed by atoms with Crippen LogP contribution in [0, 0.1) is 17.6 Å². The molecule has 0 saturated heterocycles. The van der Waals surface area contributed by atoms with Crippen LogP contribution in [0.2, 0.25) is 0 Å². The van der Waals surface area contributed by atoms with Gasteiger partial charge in [0, 0.05) is 29.3 Å². The van der Waals surface area contributed by atoms with Crippen LogP contribution in [0.4, 0.5) is 26.1 Å². The van der Waals surface area contributed by atoms with Crippen LogP contribution in [-0.4, -0.2) is 46.7 Å². The standard InChI is InChI=1S/C20H20F2N6O3/c1-9-5-12(9)25-20(29)10-8-24-28-15(23-2)7-14(27-19(10)28)26-17-16(22)11(21)6-13-18(17)31-4-3-30-13/h6-9,12,23H,3-5H2,1-2H3,(H,25,29)(H,26,27)/t9-,12?/m0/s1/i2D3. The molecule has 0 bridgehead atoms. The first-order chi connectivity index (χ1) is 16.1. The first kappa shape index (κ1) is 16.1. The van der Waals surface area contributed by atoms with Gasteiger partial charge in [-0.25, -0.2) is 13.8 Å². The Morgan fingerprint density at radius 3 is 2.90 bits per heavy atom. The molecule has 0 radical (unpaired) electrons. The molecule has 9 nitrogen and oxygen atoms in total. The summed E-state index contributed by atoms with van der Waals surface area (Å²) in [4.78, 5) is 17.1. The molecule has 2 aliphatic rings. The number of hydrogen-bond donors (Lipinski definition) is 3. The SMILES string of the molecule is [2H]C([2H])([2H])Nc1cc(Nc2c(F)c(F)cc3c2OCCO3)nc2c(C(=O)NC3C[C@@H]3C)cnn12. The minimum Gasteiger partial charge on any atom is -0.486 e. The van der Waals surface area contributed by atoms with Gasteiger partial charge in [-0.15, -0.1) is 0 Å². The maximum absolute atomic E-state index is 14.7. The Balaban J connectivity index is 1.59. The summed E-state index contributed by atoms with van der Waals surface area (Å²) >= 11 is 0. The van der Waals surface area contributed by atoms with Crippen molar-refractivity contribution in [3.63, 3.8) is 0 Å². The summed E-state index contributed by atoms with van der Waals surface area (Å²) in [6, 6.07) is 2.16. The normalized spacial score (nSPS) is 21.1. The van der Waals surface area contributed by atoms with Gasteiger partial charge in [-0.05, 0) is 12.3 Å². The van der Waals surface area contributed by atoms with Gasteiger partial charge < -0.3 is 25.4 Å². The Kier molecular flexibility index (Phi) is 3.77. The summed E-state index contributed by atoms with van der Waals surface area (Å²) in [7, 11) is 0. The smallest absolute Gasteiger partial charge is 0.256 e. The van der Waals surface area contributed by atoms with Gasteiger partial charge in [0.15, 0.2) is 28.8 Å². The van der Waals surface area contributed by atoms with E-state index < -0.39 is 24.5 Å². The van der Waals surface area contributed by atoms with Crippen LogP contribution in [0.25, 0.3) is 5.65 Å². The minimum atomic E-state index is -2.61. The number of nitrogens with zero attached hydrogens (tertiary/aromatic N) is 3. The monoisotopic (exact) mass is 433 g/mol. The average Bonchev–Trinajstić information content (AvgIpc) is 3.27. The largest absolute Gasteiger partial charge is 0.486 e. The van der Waals surface area contributed by atoms with E-state index in [0.29, 0.717) is 5.92 Å². The van der Waals surface area contributed by atoms with Crippen molar-refractivity contribution in [3.8, 4) is 11.5 Å². The number of amides is 1. The highest BCUT2D eigenvalue weighted by atomic mass is 19.2. The summed E-state index contributed by atoms with van der Waals surface area (Å²) in [5.41, 5.74) is -0.258. The fourth-order valence-electron chi connectivity index (χ4n) is 3.42. The lowest BCUT2D eigenvalue weighted by Gasteiger charge is -2.22. The fourth-order valence-corrected chi connectivity index (χ4v) is 3.42. The van der Waals surface area contributed by atoms with Crippen molar-refractivity contribution in [1.29, 1.82) is 0 Å². The molecule has 11 heteroatoms. The molecule has 3 heterocycles. The summed E-state index contributed by atoms with van der Waals surface area (Å²) in [5, 5.41) is 11.9. The molecule has 3 aromatic rings. The van der Waals surface area contributed by atoms with E-state index in [9.17, 15) is 13.6 Å². The number of rotatable bonds is 5. The van der Waals surface area contributed by atoms with Gasteiger partial charge in [-0.2, -0.15) is 9.61 Å². The maximum atomic E-state index is 14.7. The zero-order valence-electron chi connectivity index (χ0n) is 19.3. The number of carbonyl (C=O) groups is 1. The summed E-state index contributed by atoms with van der Waals surface area (Å²) in [6.07, 6.45) is 2.11. The van der Waals surface area contributed by atoms with Crippen molar-refractivity contribution in [1.82, 2.24) is 19.9 Å². The fraction of sp³-hybridized carbons (Fsp3) is 0.350. The zero-order valence-corrected chi connectivity index (χ0v) is 16.3. The van der Waals surface area contributed by atoms with Crippen molar-refractivity contribution in [2.75, 3.05) is 30.8 Å². The second-order valence-electron chi connectivity index (χ2n) is 7.43. The van der Waals surface area contributed by atoms with Crippen molar-refractivity contribution in [2.45, 2.75) is 19.4 Å². The molecule has 2 aromatic heterocycles. The topological polar surface area (TPSA) is 102 Å². The molecule has 1 saturated carbocycles. The van der Waals surface area contributed by atoms with Crippen LogP contribution in [-0.2, 0) is 0 Å². The first-order valence-corrected chi connectivity index (χ1v) is 9.63. The molecule has 3 N–H and O–H groups in total. The molecule has 31 heavy (non-hydrogen) atoms. The average molecular weight is 433 g/mol. The number of ether oxygens (including phenoxy) is 2. The Hall–Kier alpha value is -3.63. The van der Waals surface area contributed by atoms with Gasteiger partial charge in [-0.1, -0.05) is 6.92 Å². The quantitative estimate of drug-likeness (QED) is 0.569. The van der Waals surface area contributed by atoms with Gasteiger partial charge in [0.05, 0.1) is 6.20 Å². The summed E-state index contributed by atoms with van der Waals surface area (Å²) < 4.78 is 63.5. The lowest BCUT2D eigenvalue weighted by molar-refractivity contribution is 0.0951. The molecule has 1 aliphatic carbocycles. The van der Waals surface area contributed by atoms with Gasteiger partial charge in [0.25, 0.3) is 5.91 Å². The number of hydrogen-bond acceptors (Lipinski definition) is 7. The van der Waals surface area contributed by atoms with Crippen LogP contribution < -0.4 is 25.4 Å². The van der Waals surface area contributed by atoms with Gasteiger partial charge >= 0.3 is 0 Å². The zero-order chi connectivity index (χ0) is 24.2. The van der Waals surface area contributed by atoms with Crippen LogP contribution in [0.5, 0.6) is 11.5 Å². The van der Waals surface area contributed by atoms with Crippen molar-refractivity contribution >= 4 is 28.9 Å². The van der Waals surface area contributed by atoms with E-state index in [-0.39, 0.29) is 59.3 Å². The second kappa shape index (κ2) is 7.25. The highest BCUT2D eigenvalue weighted by Gasteiger charge is 2.35. The second-order valence-corrected chi connectivity index (χ2v) is 7.43. The first-order valence-electron chi connectivity index (χ1n) is 11.1. The molecule has 1 fully saturated rings. The molecule has 2 atom stereocenters. The predicted molar refractivity (Wildman–Crippen MR) is 108 cm³/mol.